The Morgan fingerprint density at radius 2 is 1.55 bits per heavy atom. The van der Waals surface area contributed by atoms with Crippen LogP contribution < -0.4 is 9.64 Å². The van der Waals surface area contributed by atoms with Gasteiger partial charge in [-0.2, -0.15) is 0 Å². The van der Waals surface area contributed by atoms with E-state index in [1.807, 2.05) is 77.7 Å². The van der Waals surface area contributed by atoms with E-state index < -0.39 is 0 Å². The molecule has 1 fully saturated rings. The molecule has 0 radical (unpaired) electrons. The zero-order chi connectivity index (χ0) is 22.8. The standard InChI is InChI=1S/C26H24ClN3O2S/c1-32-21-13-12-20(27)24-23(21)28-26(33-24)30-16-14-29(15-17-30)25(31)22(18-8-4-2-5-9-18)19-10-6-3-7-11-19/h2-13,22H,14-17H2,1H3. The van der Waals surface area contributed by atoms with Crippen LogP contribution in [0.15, 0.2) is 72.8 Å². The van der Waals surface area contributed by atoms with E-state index in [-0.39, 0.29) is 11.8 Å². The molecule has 0 atom stereocenters. The number of rotatable bonds is 5. The molecule has 1 aromatic heterocycles. The molecule has 0 spiro atoms. The Morgan fingerprint density at radius 1 is 0.939 bits per heavy atom. The molecule has 0 N–H and O–H groups in total. The van der Waals surface area contributed by atoms with Crippen molar-refractivity contribution in [3.8, 4) is 5.75 Å². The number of anilines is 1. The van der Waals surface area contributed by atoms with Crippen LogP contribution in [0.3, 0.4) is 0 Å². The molecule has 0 bridgehead atoms. The van der Waals surface area contributed by atoms with Gasteiger partial charge in [0, 0.05) is 26.2 Å². The van der Waals surface area contributed by atoms with E-state index in [1.165, 1.54) is 0 Å². The molecular formula is C26H24ClN3O2S. The molecule has 33 heavy (non-hydrogen) atoms. The van der Waals surface area contributed by atoms with Crippen molar-refractivity contribution in [2.24, 2.45) is 0 Å². The third-order valence-corrected chi connectivity index (χ3v) is 7.62. The summed E-state index contributed by atoms with van der Waals surface area (Å²) in [7, 11) is 1.64. The molecule has 0 saturated carbocycles. The summed E-state index contributed by atoms with van der Waals surface area (Å²) in [5.41, 5.74) is 2.82. The summed E-state index contributed by atoms with van der Waals surface area (Å²) < 4.78 is 6.38. The number of ether oxygens (including phenoxy) is 1. The molecule has 1 saturated heterocycles. The van der Waals surface area contributed by atoms with Crippen LogP contribution in [-0.4, -0.2) is 49.1 Å². The van der Waals surface area contributed by atoms with Crippen LogP contribution in [0.4, 0.5) is 5.13 Å². The van der Waals surface area contributed by atoms with Crippen LogP contribution in [-0.2, 0) is 4.79 Å². The SMILES string of the molecule is COc1ccc(Cl)c2sc(N3CCN(C(=O)C(c4ccccc4)c4ccccc4)CC3)nc12. The third-order valence-electron chi connectivity index (χ3n) is 6.04. The summed E-state index contributed by atoms with van der Waals surface area (Å²) in [6, 6.07) is 23.7. The first kappa shape index (κ1) is 21.7. The summed E-state index contributed by atoms with van der Waals surface area (Å²) in [5, 5.41) is 1.59. The minimum absolute atomic E-state index is 0.140. The average molecular weight is 478 g/mol. The molecular weight excluding hydrogens is 454 g/mol. The highest BCUT2D eigenvalue weighted by Crippen LogP contribution is 2.39. The minimum Gasteiger partial charge on any atom is -0.494 e. The van der Waals surface area contributed by atoms with Crippen LogP contribution in [0.5, 0.6) is 5.75 Å². The van der Waals surface area contributed by atoms with Gasteiger partial charge in [0.15, 0.2) is 5.13 Å². The van der Waals surface area contributed by atoms with Crippen molar-refractivity contribution in [3.63, 3.8) is 0 Å². The highest BCUT2D eigenvalue weighted by atomic mass is 35.5. The number of halogens is 1. The number of piperazine rings is 1. The molecule has 5 rings (SSSR count). The Hall–Kier alpha value is -3.09. The molecule has 0 aliphatic carbocycles. The first-order chi connectivity index (χ1) is 16.2. The van der Waals surface area contributed by atoms with Gasteiger partial charge in [0.05, 0.1) is 22.8 Å². The van der Waals surface area contributed by atoms with Crippen LogP contribution in [0, 0.1) is 0 Å². The zero-order valence-electron chi connectivity index (χ0n) is 18.3. The fourth-order valence-corrected chi connectivity index (χ4v) is 5.62. The van der Waals surface area contributed by atoms with E-state index in [2.05, 4.69) is 4.90 Å². The van der Waals surface area contributed by atoms with Crippen LogP contribution in [0.25, 0.3) is 10.2 Å². The van der Waals surface area contributed by atoms with Gasteiger partial charge in [-0.25, -0.2) is 4.98 Å². The number of carbonyl (C=O) groups is 1. The smallest absolute Gasteiger partial charge is 0.234 e. The molecule has 1 aliphatic rings. The van der Waals surface area contributed by atoms with Crippen molar-refractivity contribution in [1.82, 2.24) is 9.88 Å². The molecule has 3 aromatic carbocycles. The number of methoxy groups -OCH3 is 1. The fraction of sp³-hybridized carbons (Fsp3) is 0.231. The van der Waals surface area contributed by atoms with E-state index >= 15 is 0 Å². The number of benzene rings is 3. The zero-order valence-corrected chi connectivity index (χ0v) is 19.9. The second-order valence-electron chi connectivity index (χ2n) is 7.99. The first-order valence-corrected chi connectivity index (χ1v) is 12.1. The molecule has 0 unspecified atom stereocenters. The Morgan fingerprint density at radius 3 is 2.12 bits per heavy atom. The number of amides is 1. The predicted octanol–water partition coefficient (Wildman–Crippen LogP) is 5.44. The lowest BCUT2D eigenvalue weighted by Crippen LogP contribution is -2.50. The molecule has 7 heteroatoms. The van der Waals surface area contributed by atoms with E-state index in [1.54, 1.807) is 18.4 Å². The van der Waals surface area contributed by atoms with E-state index in [0.29, 0.717) is 18.1 Å². The topological polar surface area (TPSA) is 45.7 Å². The molecule has 2 heterocycles. The molecule has 4 aromatic rings. The fourth-order valence-electron chi connectivity index (χ4n) is 4.31. The highest BCUT2D eigenvalue weighted by Gasteiger charge is 2.30. The number of fused-ring (bicyclic) bond motifs is 1. The monoisotopic (exact) mass is 477 g/mol. The number of nitrogens with zero attached hydrogens (tertiary/aromatic N) is 3. The van der Waals surface area contributed by atoms with E-state index in [9.17, 15) is 4.79 Å². The maximum Gasteiger partial charge on any atom is 0.234 e. The number of carbonyl (C=O) groups excluding carboxylic acids is 1. The maximum atomic E-state index is 13.7. The van der Waals surface area contributed by atoms with Gasteiger partial charge in [-0.05, 0) is 23.3 Å². The van der Waals surface area contributed by atoms with E-state index in [4.69, 9.17) is 21.3 Å². The molecule has 5 nitrogen and oxygen atoms in total. The van der Waals surface area contributed by atoms with Gasteiger partial charge in [0.25, 0.3) is 0 Å². The van der Waals surface area contributed by atoms with Crippen molar-refractivity contribution < 1.29 is 9.53 Å². The van der Waals surface area contributed by atoms with Gasteiger partial charge in [-0.15, -0.1) is 0 Å². The molecule has 168 valence electrons. The van der Waals surface area contributed by atoms with Gasteiger partial charge in [-0.3, -0.25) is 4.79 Å². The van der Waals surface area contributed by atoms with Gasteiger partial charge in [0.2, 0.25) is 5.91 Å². The van der Waals surface area contributed by atoms with Crippen molar-refractivity contribution in [1.29, 1.82) is 0 Å². The summed E-state index contributed by atoms with van der Waals surface area (Å²) >= 11 is 7.97. The lowest BCUT2D eigenvalue weighted by atomic mass is 9.90. The highest BCUT2D eigenvalue weighted by molar-refractivity contribution is 7.22. The minimum atomic E-state index is -0.301. The first-order valence-electron chi connectivity index (χ1n) is 10.9. The Labute approximate surface area is 202 Å². The predicted molar refractivity (Wildman–Crippen MR) is 135 cm³/mol. The average Bonchev–Trinajstić information content (AvgIpc) is 3.32. The van der Waals surface area contributed by atoms with Gasteiger partial charge in [-0.1, -0.05) is 83.6 Å². The largest absolute Gasteiger partial charge is 0.494 e. The maximum absolute atomic E-state index is 13.7. The van der Waals surface area contributed by atoms with Crippen molar-refractivity contribution in [2.45, 2.75) is 5.92 Å². The lowest BCUT2D eigenvalue weighted by Gasteiger charge is -2.36. The Bertz CT molecular complexity index is 1220. The van der Waals surface area contributed by atoms with Gasteiger partial charge < -0.3 is 14.5 Å². The van der Waals surface area contributed by atoms with Crippen molar-refractivity contribution in [2.75, 3.05) is 38.2 Å². The van der Waals surface area contributed by atoms with E-state index in [0.717, 1.165) is 45.3 Å². The summed E-state index contributed by atoms with van der Waals surface area (Å²) in [6.45, 7) is 2.75. The van der Waals surface area contributed by atoms with Crippen LogP contribution >= 0.6 is 22.9 Å². The summed E-state index contributed by atoms with van der Waals surface area (Å²) in [6.07, 6.45) is 0. The van der Waals surface area contributed by atoms with Crippen LogP contribution in [0.2, 0.25) is 5.02 Å². The number of aromatic nitrogens is 1. The van der Waals surface area contributed by atoms with Gasteiger partial charge in [0.1, 0.15) is 11.3 Å². The molecule has 1 aliphatic heterocycles. The lowest BCUT2D eigenvalue weighted by molar-refractivity contribution is -0.132. The second kappa shape index (κ2) is 9.41. The van der Waals surface area contributed by atoms with Gasteiger partial charge >= 0.3 is 0 Å². The Kier molecular flexibility index (Phi) is 6.20. The summed E-state index contributed by atoms with van der Waals surface area (Å²) in [5.74, 6) is 0.560. The summed E-state index contributed by atoms with van der Waals surface area (Å²) in [4.78, 5) is 22.7. The van der Waals surface area contributed by atoms with Crippen molar-refractivity contribution in [3.05, 3.63) is 88.9 Å². The quantitative estimate of drug-likeness (QED) is 0.384. The molecule has 1 amide bonds. The number of hydrogen-bond donors (Lipinski definition) is 0. The number of hydrogen-bond acceptors (Lipinski definition) is 5. The number of thiazole rings is 1. The van der Waals surface area contributed by atoms with Crippen molar-refractivity contribution >= 4 is 44.2 Å². The third kappa shape index (κ3) is 4.28. The normalized spacial score (nSPS) is 14.2. The second-order valence-corrected chi connectivity index (χ2v) is 9.38. The Balaban J connectivity index is 1.35. The van der Waals surface area contributed by atoms with Crippen LogP contribution in [0.1, 0.15) is 17.0 Å².